The first-order valence-electron chi connectivity index (χ1n) is 23.1. The van der Waals surface area contributed by atoms with E-state index in [-0.39, 0.29) is 17.8 Å². The molecule has 0 spiro atoms. The van der Waals surface area contributed by atoms with E-state index in [1.807, 2.05) is 0 Å². The quantitative estimate of drug-likeness (QED) is 0.121. The minimum absolute atomic E-state index is 0.0198. The summed E-state index contributed by atoms with van der Waals surface area (Å²) in [5.41, 5.74) is 19.6. The van der Waals surface area contributed by atoms with Gasteiger partial charge in [-0.1, -0.05) is 98.8 Å². The third-order valence-electron chi connectivity index (χ3n) is 14.6. The molecule has 4 heterocycles. The highest BCUT2D eigenvalue weighted by atomic mass is 15.3. The molecule has 0 amide bonds. The third-order valence-corrected chi connectivity index (χ3v) is 14.6. The van der Waals surface area contributed by atoms with E-state index < -0.39 is 0 Å². The molecule has 9 aromatic rings. The van der Waals surface area contributed by atoms with E-state index in [2.05, 4.69) is 249 Å². The zero-order valence-corrected chi connectivity index (χ0v) is 38.4. The van der Waals surface area contributed by atoms with E-state index in [1.54, 1.807) is 0 Å². The van der Waals surface area contributed by atoms with E-state index in [9.17, 15) is 0 Å². The van der Waals surface area contributed by atoms with E-state index in [0.29, 0.717) is 0 Å². The van der Waals surface area contributed by atoms with Gasteiger partial charge >= 0.3 is 0 Å². The van der Waals surface area contributed by atoms with Gasteiger partial charge in [0.25, 0.3) is 6.71 Å². The van der Waals surface area contributed by atoms with E-state index in [0.717, 1.165) is 35.6 Å². The number of aryl methyl sites for hydroxylation is 2. The smallest absolute Gasteiger partial charge is 0.252 e. The van der Waals surface area contributed by atoms with Crippen LogP contribution in [0.4, 0.5) is 39.8 Å². The van der Waals surface area contributed by atoms with Crippen LogP contribution >= 0.6 is 0 Å². The van der Waals surface area contributed by atoms with Gasteiger partial charge in [-0.3, -0.25) is 0 Å². The minimum Gasteiger partial charge on any atom is -0.361 e. The summed E-state index contributed by atoms with van der Waals surface area (Å²) in [5, 5.41) is 2.51. The zero-order valence-electron chi connectivity index (χ0n) is 38.4. The third kappa shape index (κ3) is 5.91. The Hall–Kier alpha value is -6.92. The number of aromatic nitrogens is 2. The first-order valence-corrected chi connectivity index (χ1v) is 23.1. The number of nitrogens with zero attached hydrogens (tertiary/aromatic N) is 5. The summed E-state index contributed by atoms with van der Waals surface area (Å²) in [6, 6.07) is 62.9. The lowest BCUT2D eigenvalue weighted by Crippen LogP contribution is -2.60. The minimum atomic E-state index is -0.0980. The Morgan fingerprint density at radius 2 is 0.781 bits per heavy atom. The van der Waals surface area contributed by atoms with Crippen molar-refractivity contribution in [3.05, 3.63) is 181 Å². The molecule has 0 aliphatic carbocycles. The van der Waals surface area contributed by atoms with E-state index in [4.69, 9.17) is 0 Å². The van der Waals surface area contributed by atoms with Gasteiger partial charge in [-0.05, 0) is 156 Å². The monoisotopic (exact) mass is 833 g/mol. The molecule has 0 atom stereocenters. The van der Waals surface area contributed by atoms with Crippen molar-refractivity contribution in [2.24, 2.45) is 0 Å². The highest BCUT2D eigenvalue weighted by molar-refractivity contribution is 7.00. The zero-order chi connectivity index (χ0) is 44.1. The van der Waals surface area contributed by atoms with Crippen LogP contribution in [0.5, 0.6) is 0 Å². The molecule has 11 rings (SSSR count). The SMILES string of the molecule is CCC(C)(C)N(c1cc2c3c(c1)-n1c(C)cc4c(N(c5ccccc5)c5ccccc5)ccc(c41)B3c1ccc(N(c3ccccc3)c3ccccc3)c3cc(C)n-2c13)C(C)(C)CC. The van der Waals surface area contributed by atoms with Crippen LogP contribution in [0.15, 0.2) is 170 Å². The molecule has 0 N–H and O–H groups in total. The first-order chi connectivity index (χ1) is 31.0. The number of rotatable bonds is 11. The standard InChI is InChI=1S/C58H56BN5/c1-9-57(5,6)64(58(7,8)10-2)45-37-52-54-53(38-45)61-40(4)36-47-51(63(43-27-19-13-20-28-43)44-29-21-14-22-30-44)34-32-49(56(47)61)59(54)48-31-33-50(46-35-39(3)60(52)55(46)48)62(41-23-15-11-16-24-41)42-25-17-12-18-26-42/h11-38H,9-10H2,1-8H3. The number of benzene rings is 7. The number of hydrogen-bond acceptors (Lipinski definition) is 3. The highest BCUT2D eigenvalue weighted by Crippen LogP contribution is 2.46. The second-order valence-corrected chi connectivity index (χ2v) is 19.1. The van der Waals surface area contributed by atoms with Gasteiger partial charge in [-0.2, -0.15) is 0 Å². The maximum atomic E-state index is 2.73. The Labute approximate surface area is 378 Å². The maximum absolute atomic E-state index is 2.73. The number of anilines is 7. The Kier molecular flexibility index (Phi) is 9.25. The summed E-state index contributed by atoms with van der Waals surface area (Å²) in [6.07, 6.45) is 2.04. The van der Waals surface area contributed by atoms with Gasteiger partial charge in [0.05, 0.1) is 22.4 Å². The van der Waals surface area contributed by atoms with Gasteiger partial charge in [0, 0.05) is 73.0 Å². The molecule has 0 saturated carbocycles. The van der Waals surface area contributed by atoms with Crippen LogP contribution in [0.25, 0.3) is 33.2 Å². The van der Waals surface area contributed by atoms with Crippen molar-refractivity contribution in [2.45, 2.75) is 79.3 Å². The van der Waals surface area contributed by atoms with E-state index >= 15 is 0 Å². The summed E-state index contributed by atoms with van der Waals surface area (Å²) in [5.74, 6) is 0. The number of fused-ring (bicyclic) bond motifs is 4. The Bertz CT molecular complexity index is 2930. The molecular weight excluding hydrogens is 777 g/mol. The van der Waals surface area contributed by atoms with Crippen LogP contribution in [0.3, 0.4) is 0 Å². The second kappa shape index (κ2) is 14.8. The molecule has 0 unspecified atom stereocenters. The summed E-state index contributed by atoms with van der Waals surface area (Å²) < 4.78 is 5.19. The molecule has 0 fully saturated rings. The lowest BCUT2D eigenvalue weighted by molar-refractivity contribution is 0.323. The van der Waals surface area contributed by atoms with Crippen molar-refractivity contribution >= 4 is 84.7 Å². The summed E-state index contributed by atoms with van der Waals surface area (Å²) in [4.78, 5) is 7.59. The molecule has 2 aliphatic heterocycles. The fourth-order valence-corrected chi connectivity index (χ4v) is 11.3. The summed E-state index contributed by atoms with van der Waals surface area (Å²) >= 11 is 0. The van der Waals surface area contributed by atoms with Gasteiger partial charge in [-0.15, -0.1) is 0 Å². The van der Waals surface area contributed by atoms with Crippen LogP contribution in [-0.2, 0) is 0 Å². The molecule has 2 aromatic heterocycles. The maximum Gasteiger partial charge on any atom is 0.252 e. The predicted octanol–water partition coefficient (Wildman–Crippen LogP) is 13.5. The topological polar surface area (TPSA) is 19.6 Å². The lowest BCUT2D eigenvalue weighted by Gasteiger charge is -2.51. The normalized spacial score (nSPS) is 12.8. The second-order valence-electron chi connectivity index (χ2n) is 19.1. The van der Waals surface area contributed by atoms with Crippen LogP contribution in [0.2, 0.25) is 0 Å². The van der Waals surface area contributed by atoms with Gasteiger partial charge in [0.1, 0.15) is 0 Å². The lowest BCUT2D eigenvalue weighted by atomic mass is 9.34. The van der Waals surface area contributed by atoms with E-state index in [1.165, 1.54) is 78.0 Å². The average Bonchev–Trinajstić information content (AvgIpc) is 3.86. The molecule has 0 radical (unpaired) electrons. The number of para-hydroxylation sites is 4. The molecule has 64 heavy (non-hydrogen) atoms. The van der Waals surface area contributed by atoms with Crippen LogP contribution < -0.4 is 31.1 Å². The van der Waals surface area contributed by atoms with Crippen molar-refractivity contribution < 1.29 is 0 Å². The molecule has 0 saturated heterocycles. The van der Waals surface area contributed by atoms with Gasteiger partial charge < -0.3 is 23.8 Å². The first kappa shape index (κ1) is 39.9. The van der Waals surface area contributed by atoms with Crippen molar-refractivity contribution in [1.29, 1.82) is 0 Å². The number of hydrogen-bond donors (Lipinski definition) is 0. The molecule has 316 valence electrons. The van der Waals surface area contributed by atoms with Crippen molar-refractivity contribution in [1.82, 2.24) is 9.13 Å². The summed E-state index contributed by atoms with van der Waals surface area (Å²) in [6.45, 7) is 19.0. The molecular formula is C58H56BN5. The largest absolute Gasteiger partial charge is 0.361 e. The molecule has 6 heteroatoms. The highest BCUT2D eigenvalue weighted by Gasteiger charge is 2.44. The molecule has 7 aromatic carbocycles. The Morgan fingerprint density at radius 1 is 0.438 bits per heavy atom. The van der Waals surface area contributed by atoms with Crippen molar-refractivity contribution in [3.63, 3.8) is 0 Å². The Balaban J connectivity index is 1.25. The predicted molar refractivity (Wildman–Crippen MR) is 275 cm³/mol. The fourth-order valence-electron chi connectivity index (χ4n) is 11.3. The fraction of sp³-hybridized carbons (Fsp3) is 0.207. The van der Waals surface area contributed by atoms with Crippen LogP contribution in [0, 0.1) is 13.8 Å². The van der Waals surface area contributed by atoms with Crippen LogP contribution in [0.1, 0.15) is 65.8 Å². The summed E-state index contributed by atoms with van der Waals surface area (Å²) in [7, 11) is 0. The molecule has 5 nitrogen and oxygen atoms in total. The molecule has 0 bridgehead atoms. The van der Waals surface area contributed by atoms with Crippen molar-refractivity contribution in [3.8, 4) is 11.4 Å². The van der Waals surface area contributed by atoms with Crippen LogP contribution in [-0.4, -0.2) is 26.9 Å². The van der Waals surface area contributed by atoms with Gasteiger partial charge in [0.2, 0.25) is 0 Å². The molecule has 2 aliphatic rings. The Morgan fingerprint density at radius 3 is 1.11 bits per heavy atom. The van der Waals surface area contributed by atoms with Gasteiger partial charge in [0.15, 0.2) is 0 Å². The van der Waals surface area contributed by atoms with Crippen molar-refractivity contribution in [2.75, 3.05) is 14.7 Å². The van der Waals surface area contributed by atoms with Gasteiger partial charge in [-0.25, -0.2) is 0 Å². The average molecular weight is 834 g/mol.